The monoisotopic (exact) mass is 367 g/mol. The first kappa shape index (κ1) is 19.6. The molecule has 0 saturated heterocycles. The SMILES string of the molecule is CN(C)CCCNC(=O)c1cnc(Nc2cccc(C(F)(F)F)c2)nc1. The second-order valence-corrected chi connectivity index (χ2v) is 5.91. The molecule has 9 heteroatoms. The highest BCUT2D eigenvalue weighted by Crippen LogP contribution is 2.31. The summed E-state index contributed by atoms with van der Waals surface area (Å²) in [6.45, 7) is 1.39. The Hall–Kier alpha value is -2.68. The van der Waals surface area contributed by atoms with Gasteiger partial charge < -0.3 is 15.5 Å². The topological polar surface area (TPSA) is 70.2 Å². The van der Waals surface area contributed by atoms with Gasteiger partial charge in [0.2, 0.25) is 5.95 Å². The standard InChI is InChI=1S/C17H20F3N5O/c1-25(2)8-4-7-21-15(26)12-10-22-16(23-11-12)24-14-6-3-5-13(9-14)17(18,19)20/h3,5-6,9-11H,4,7-8H2,1-2H3,(H,21,26)(H,22,23,24). The summed E-state index contributed by atoms with van der Waals surface area (Å²) >= 11 is 0. The van der Waals surface area contributed by atoms with Crippen LogP contribution in [0, 0.1) is 0 Å². The Morgan fingerprint density at radius 2 is 1.88 bits per heavy atom. The number of alkyl halides is 3. The minimum absolute atomic E-state index is 0.105. The number of anilines is 2. The quantitative estimate of drug-likeness (QED) is 0.737. The van der Waals surface area contributed by atoms with Crippen molar-refractivity contribution in [2.75, 3.05) is 32.5 Å². The largest absolute Gasteiger partial charge is 0.416 e. The summed E-state index contributed by atoms with van der Waals surface area (Å²) in [7, 11) is 3.90. The van der Waals surface area contributed by atoms with Crippen LogP contribution < -0.4 is 10.6 Å². The van der Waals surface area contributed by atoms with Gasteiger partial charge in [0, 0.05) is 24.6 Å². The van der Waals surface area contributed by atoms with Crippen LogP contribution in [-0.2, 0) is 6.18 Å². The molecule has 1 aromatic carbocycles. The zero-order chi connectivity index (χ0) is 19.2. The fourth-order valence-electron chi connectivity index (χ4n) is 2.11. The number of carbonyl (C=O) groups excluding carboxylic acids is 1. The molecule has 0 aliphatic carbocycles. The van der Waals surface area contributed by atoms with E-state index in [0.717, 1.165) is 25.1 Å². The Kier molecular flexibility index (Phi) is 6.51. The molecule has 0 bridgehead atoms. The zero-order valence-corrected chi connectivity index (χ0v) is 14.5. The molecule has 0 spiro atoms. The minimum atomic E-state index is -4.42. The Bertz CT molecular complexity index is 732. The van der Waals surface area contributed by atoms with Crippen molar-refractivity contribution in [2.24, 2.45) is 0 Å². The van der Waals surface area contributed by atoms with Gasteiger partial charge in [-0.1, -0.05) is 6.07 Å². The fraction of sp³-hybridized carbons (Fsp3) is 0.353. The number of halogens is 3. The number of aromatic nitrogens is 2. The molecule has 2 rings (SSSR count). The van der Waals surface area contributed by atoms with Gasteiger partial charge in [0.15, 0.2) is 0 Å². The molecule has 0 radical (unpaired) electrons. The third-order valence-electron chi connectivity index (χ3n) is 3.43. The van der Waals surface area contributed by atoms with Crippen molar-refractivity contribution in [1.82, 2.24) is 20.2 Å². The molecule has 0 saturated carbocycles. The van der Waals surface area contributed by atoms with Gasteiger partial charge in [-0.15, -0.1) is 0 Å². The lowest BCUT2D eigenvalue weighted by Crippen LogP contribution is -2.27. The second kappa shape index (κ2) is 8.61. The highest BCUT2D eigenvalue weighted by molar-refractivity contribution is 5.93. The van der Waals surface area contributed by atoms with Gasteiger partial charge in [0.1, 0.15) is 0 Å². The third-order valence-corrected chi connectivity index (χ3v) is 3.43. The summed E-state index contributed by atoms with van der Waals surface area (Å²) in [6, 6.07) is 4.72. The summed E-state index contributed by atoms with van der Waals surface area (Å²) in [5.74, 6) is -0.192. The Balaban J connectivity index is 1.94. The number of nitrogens with zero attached hydrogens (tertiary/aromatic N) is 3. The lowest BCUT2D eigenvalue weighted by atomic mass is 10.2. The number of benzene rings is 1. The smallest absolute Gasteiger partial charge is 0.352 e. The number of rotatable bonds is 7. The van der Waals surface area contributed by atoms with Gasteiger partial charge in [-0.25, -0.2) is 9.97 Å². The van der Waals surface area contributed by atoms with Crippen LogP contribution in [0.4, 0.5) is 24.8 Å². The molecule has 1 amide bonds. The average Bonchev–Trinajstić information content (AvgIpc) is 2.58. The molecule has 6 nitrogen and oxygen atoms in total. The van der Waals surface area contributed by atoms with Crippen molar-refractivity contribution in [2.45, 2.75) is 12.6 Å². The Morgan fingerprint density at radius 1 is 1.19 bits per heavy atom. The normalized spacial score (nSPS) is 11.5. The van der Waals surface area contributed by atoms with Crippen molar-refractivity contribution in [1.29, 1.82) is 0 Å². The molecule has 0 aliphatic rings. The number of nitrogens with one attached hydrogen (secondary N) is 2. The molecule has 0 aliphatic heterocycles. The lowest BCUT2D eigenvalue weighted by Gasteiger charge is -2.10. The van der Waals surface area contributed by atoms with Gasteiger partial charge in [-0.3, -0.25) is 4.79 Å². The van der Waals surface area contributed by atoms with Crippen molar-refractivity contribution < 1.29 is 18.0 Å². The zero-order valence-electron chi connectivity index (χ0n) is 14.5. The molecule has 0 fully saturated rings. The first-order valence-corrected chi connectivity index (χ1v) is 7.95. The summed E-state index contributed by atoms with van der Waals surface area (Å²) in [5, 5.41) is 5.44. The van der Waals surface area contributed by atoms with Gasteiger partial charge >= 0.3 is 6.18 Å². The molecule has 2 aromatic rings. The highest BCUT2D eigenvalue weighted by atomic mass is 19.4. The maximum absolute atomic E-state index is 12.7. The van der Waals surface area contributed by atoms with E-state index in [2.05, 4.69) is 20.6 Å². The van der Waals surface area contributed by atoms with Crippen LogP contribution in [-0.4, -0.2) is 48.0 Å². The Labute approximate surface area is 149 Å². The minimum Gasteiger partial charge on any atom is -0.352 e. The second-order valence-electron chi connectivity index (χ2n) is 5.91. The van der Waals surface area contributed by atoms with E-state index in [0.29, 0.717) is 6.54 Å². The van der Waals surface area contributed by atoms with Gasteiger partial charge in [-0.2, -0.15) is 13.2 Å². The molecule has 0 unspecified atom stereocenters. The van der Waals surface area contributed by atoms with Crippen LogP contribution in [0.25, 0.3) is 0 Å². The average molecular weight is 367 g/mol. The number of hydrogen-bond acceptors (Lipinski definition) is 5. The predicted molar refractivity (Wildman–Crippen MR) is 92.3 cm³/mol. The third kappa shape index (κ3) is 5.99. The maximum Gasteiger partial charge on any atom is 0.416 e. The predicted octanol–water partition coefficient (Wildman–Crippen LogP) is 2.92. The number of hydrogen-bond donors (Lipinski definition) is 2. The van der Waals surface area contributed by atoms with E-state index < -0.39 is 11.7 Å². The number of carbonyl (C=O) groups is 1. The van der Waals surface area contributed by atoms with Crippen molar-refractivity contribution in [3.8, 4) is 0 Å². The maximum atomic E-state index is 12.7. The highest BCUT2D eigenvalue weighted by Gasteiger charge is 2.30. The Morgan fingerprint density at radius 3 is 2.50 bits per heavy atom. The van der Waals surface area contributed by atoms with E-state index in [1.165, 1.54) is 24.5 Å². The molecular weight excluding hydrogens is 347 g/mol. The van der Waals surface area contributed by atoms with E-state index in [1.807, 2.05) is 19.0 Å². The molecule has 1 heterocycles. The van der Waals surface area contributed by atoms with Crippen molar-refractivity contribution >= 4 is 17.5 Å². The van der Waals surface area contributed by atoms with E-state index >= 15 is 0 Å². The van der Waals surface area contributed by atoms with Crippen LogP contribution >= 0.6 is 0 Å². The van der Waals surface area contributed by atoms with Crippen molar-refractivity contribution in [3.05, 3.63) is 47.8 Å². The van der Waals surface area contributed by atoms with E-state index in [1.54, 1.807) is 0 Å². The van der Waals surface area contributed by atoms with Crippen LogP contribution in [0.5, 0.6) is 0 Å². The van der Waals surface area contributed by atoms with Gasteiger partial charge in [0.05, 0.1) is 11.1 Å². The summed E-state index contributed by atoms with van der Waals surface area (Å²) in [5.41, 5.74) is -0.277. The van der Waals surface area contributed by atoms with Crippen LogP contribution in [0.15, 0.2) is 36.7 Å². The molecular formula is C17H20F3N5O. The number of amides is 1. The van der Waals surface area contributed by atoms with Crippen LogP contribution in [0.3, 0.4) is 0 Å². The molecule has 2 N–H and O–H groups in total. The van der Waals surface area contributed by atoms with E-state index in [9.17, 15) is 18.0 Å². The molecule has 140 valence electrons. The summed E-state index contributed by atoms with van der Waals surface area (Å²) in [4.78, 5) is 21.9. The summed E-state index contributed by atoms with van der Waals surface area (Å²) in [6.07, 6.45) is -0.962. The van der Waals surface area contributed by atoms with Gasteiger partial charge in [-0.05, 0) is 45.3 Å². The molecule has 26 heavy (non-hydrogen) atoms. The van der Waals surface area contributed by atoms with E-state index in [4.69, 9.17) is 0 Å². The van der Waals surface area contributed by atoms with E-state index in [-0.39, 0.29) is 23.1 Å². The first-order valence-electron chi connectivity index (χ1n) is 7.95. The first-order chi connectivity index (χ1) is 12.3. The van der Waals surface area contributed by atoms with Crippen LogP contribution in [0.1, 0.15) is 22.3 Å². The molecule has 0 atom stereocenters. The fourth-order valence-corrected chi connectivity index (χ4v) is 2.11. The summed E-state index contributed by atoms with van der Waals surface area (Å²) < 4.78 is 38.1. The lowest BCUT2D eigenvalue weighted by molar-refractivity contribution is -0.137. The van der Waals surface area contributed by atoms with Crippen molar-refractivity contribution in [3.63, 3.8) is 0 Å². The molecule has 1 aromatic heterocycles. The van der Waals surface area contributed by atoms with Crippen LogP contribution in [0.2, 0.25) is 0 Å². The van der Waals surface area contributed by atoms with Gasteiger partial charge in [0.25, 0.3) is 5.91 Å².